The van der Waals surface area contributed by atoms with Crippen LogP contribution in [0.4, 0.5) is 0 Å². The molecule has 0 aliphatic carbocycles. The molecule has 0 bridgehead atoms. The third-order valence-electron chi connectivity index (χ3n) is 1.02. The second-order valence-corrected chi connectivity index (χ2v) is 3.05. The molecule has 0 fully saturated rings. The van der Waals surface area contributed by atoms with Crippen molar-refractivity contribution in [2.45, 2.75) is 12.1 Å². The van der Waals surface area contributed by atoms with Gasteiger partial charge >= 0.3 is 0 Å². The lowest BCUT2D eigenvalue weighted by Gasteiger charge is -1.98. The number of imidazole rings is 1. The molecule has 0 aliphatic rings. The molecule has 1 radical (unpaired) electrons. The van der Waals surface area contributed by atoms with Gasteiger partial charge in [0.2, 0.25) is 0 Å². The lowest BCUT2D eigenvalue weighted by molar-refractivity contribution is 1.06. The van der Waals surface area contributed by atoms with Crippen LogP contribution in [0.1, 0.15) is 6.92 Å². The van der Waals surface area contributed by atoms with Crippen LogP contribution in [0.3, 0.4) is 0 Å². The smallest absolute Gasteiger partial charge is 0.166 e. The summed E-state index contributed by atoms with van der Waals surface area (Å²) in [6.45, 7) is 5.64. The van der Waals surface area contributed by atoms with Gasteiger partial charge in [-0.1, -0.05) is 17.8 Å². The number of rotatable bonds is 3. The van der Waals surface area contributed by atoms with E-state index in [1.54, 1.807) is 24.2 Å². The van der Waals surface area contributed by atoms with E-state index in [9.17, 15) is 0 Å². The van der Waals surface area contributed by atoms with Gasteiger partial charge in [0.25, 0.3) is 0 Å². The predicted molar refractivity (Wildman–Crippen MR) is 43.6 cm³/mol. The van der Waals surface area contributed by atoms with Crippen molar-refractivity contribution >= 4 is 11.8 Å². The second kappa shape index (κ2) is 3.46. The Labute approximate surface area is 64.8 Å². The number of H-pyrrole nitrogens is 1. The topological polar surface area (TPSA) is 28.7 Å². The van der Waals surface area contributed by atoms with Crippen molar-refractivity contribution in [2.24, 2.45) is 0 Å². The molecule has 10 heavy (non-hydrogen) atoms. The van der Waals surface area contributed by atoms with Crippen molar-refractivity contribution < 1.29 is 0 Å². The average Bonchev–Trinajstić information content (AvgIpc) is 2.40. The van der Waals surface area contributed by atoms with Gasteiger partial charge in [0.15, 0.2) is 5.16 Å². The second-order valence-electron chi connectivity index (χ2n) is 1.81. The first-order chi connectivity index (χ1) is 4.83. The fourth-order valence-electron chi connectivity index (χ4n) is 0.501. The normalized spacial score (nSPS) is 10.2. The highest BCUT2D eigenvalue weighted by Crippen LogP contribution is 2.24. The van der Waals surface area contributed by atoms with Gasteiger partial charge in [0, 0.05) is 12.4 Å². The Morgan fingerprint density at radius 3 is 3.20 bits per heavy atom. The maximum Gasteiger partial charge on any atom is 0.166 e. The van der Waals surface area contributed by atoms with Gasteiger partial charge in [-0.2, -0.15) is 0 Å². The van der Waals surface area contributed by atoms with Crippen molar-refractivity contribution in [1.82, 2.24) is 9.97 Å². The molecule has 0 aromatic carbocycles. The Morgan fingerprint density at radius 1 is 1.90 bits per heavy atom. The fraction of sp³-hybridized carbons (Fsp3) is 0.143. The van der Waals surface area contributed by atoms with Crippen LogP contribution >= 0.6 is 11.8 Å². The van der Waals surface area contributed by atoms with E-state index in [4.69, 9.17) is 0 Å². The number of aromatic amines is 1. The van der Waals surface area contributed by atoms with Gasteiger partial charge in [-0.25, -0.2) is 4.98 Å². The van der Waals surface area contributed by atoms with Crippen LogP contribution in [0.25, 0.3) is 0 Å². The Hall–Kier alpha value is -0.700. The summed E-state index contributed by atoms with van der Waals surface area (Å²) in [4.78, 5) is 7.03. The summed E-state index contributed by atoms with van der Waals surface area (Å²) in [6.07, 6.45) is 5.35. The molecule has 1 aromatic heterocycles. The molecule has 0 spiro atoms. The monoisotopic (exact) mass is 154 g/mol. The molecule has 0 atom stereocenters. The van der Waals surface area contributed by atoms with E-state index in [-0.39, 0.29) is 0 Å². The summed E-state index contributed by atoms with van der Waals surface area (Å²) in [6, 6.07) is 0. The number of thioether (sulfide) groups is 1. The van der Waals surface area contributed by atoms with E-state index in [2.05, 4.69) is 16.5 Å². The van der Waals surface area contributed by atoms with E-state index >= 15 is 0 Å². The van der Waals surface area contributed by atoms with E-state index in [0.717, 1.165) is 10.4 Å². The Bertz CT molecular complexity index is 193. The predicted octanol–water partition coefficient (Wildman–Crippen LogP) is 2.24. The molecule has 0 amide bonds. The highest BCUT2D eigenvalue weighted by Gasteiger charge is 2.00. The van der Waals surface area contributed by atoms with Crippen molar-refractivity contribution in [3.8, 4) is 0 Å². The van der Waals surface area contributed by atoms with E-state index in [0.29, 0.717) is 0 Å². The highest BCUT2D eigenvalue weighted by atomic mass is 32.2. The standard InChI is InChI=1S/C7H9N2S/c1-3-6(2)10-7-8-4-5-9-7/h3-5H,1H2,2H3,(H,8,9)/i7+1. The molecule has 0 saturated carbocycles. The fourth-order valence-corrected chi connectivity index (χ4v) is 1.13. The lowest BCUT2D eigenvalue weighted by Crippen LogP contribution is -1.79. The van der Waals surface area contributed by atoms with Crippen LogP contribution in [0, 0.1) is 5.25 Å². The zero-order valence-corrected chi connectivity index (χ0v) is 6.61. The number of nitrogens with one attached hydrogen (secondary N) is 1. The number of aromatic nitrogens is 2. The van der Waals surface area contributed by atoms with E-state index in [1.165, 1.54) is 0 Å². The minimum absolute atomic E-state index is 0.914. The number of nitrogens with zero attached hydrogens (tertiary/aromatic N) is 1. The molecule has 0 aliphatic heterocycles. The Morgan fingerprint density at radius 2 is 2.70 bits per heavy atom. The maximum atomic E-state index is 4.04. The van der Waals surface area contributed by atoms with Crippen molar-refractivity contribution in [3.63, 3.8) is 0 Å². The molecule has 0 unspecified atom stereocenters. The highest BCUT2D eigenvalue weighted by molar-refractivity contribution is 8.02. The number of hydrogen-bond acceptors (Lipinski definition) is 2. The van der Waals surface area contributed by atoms with Crippen molar-refractivity contribution in [3.05, 3.63) is 30.3 Å². The van der Waals surface area contributed by atoms with E-state index in [1.807, 2.05) is 13.0 Å². The minimum Gasteiger partial charge on any atom is -0.340 e. The van der Waals surface area contributed by atoms with Gasteiger partial charge in [-0.15, -0.1) is 6.58 Å². The van der Waals surface area contributed by atoms with Crippen LogP contribution in [-0.2, 0) is 0 Å². The zero-order chi connectivity index (χ0) is 7.40. The largest absolute Gasteiger partial charge is 0.340 e. The summed E-state index contributed by atoms with van der Waals surface area (Å²) in [5.74, 6) is 0. The molecule has 2 nitrogen and oxygen atoms in total. The molecule has 0 saturated heterocycles. The summed E-state index contributed by atoms with van der Waals surface area (Å²) < 4.78 is 0. The van der Waals surface area contributed by atoms with Crippen LogP contribution in [0.15, 0.2) is 30.2 Å². The summed E-state index contributed by atoms with van der Waals surface area (Å²) in [5, 5.41) is 2.06. The van der Waals surface area contributed by atoms with Gasteiger partial charge in [0.05, 0.1) is 5.25 Å². The minimum atomic E-state index is 0.914. The molecule has 53 valence electrons. The number of hydrogen-bond donors (Lipinski definition) is 1. The first kappa shape index (κ1) is 7.41. The van der Waals surface area contributed by atoms with Crippen molar-refractivity contribution in [2.75, 3.05) is 0 Å². The van der Waals surface area contributed by atoms with Crippen molar-refractivity contribution in [1.29, 1.82) is 0 Å². The molecular weight excluding hydrogens is 145 g/mol. The van der Waals surface area contributed by atoms with Gasteiger partial charge < -0.3 is 4.98 Å². The van der Waals surface area contributed by atoms with Gasteiger partial charge in [0.1, 0.15) is 0 Å². The SMILES string of the molecule is C=C[C](C)S[13c]1ncc[nH]1. The van der Waals surface area contributed by atoms with Crippen LogP contribution < -0.4 is 0 Å². The lowest BCUT2D eigenvalue weighted by atomic mass is 10.5. The first-order valence-corrected chi connectivity index (χ1v) is 3.78. The molecule has 1 N–H and O–H groups in total. The molecule has 1 heterocycles. The Kier molecular flexibility index (Phi) is 2.57. The zero-order valence-electron chi connectivity index (χ0n) is 5.79. The van der Waals surface area contributed by atoms with Gasteiger partial charge in [-0.05, 0) is 6.92 Å². The quantitative estimate of drug-likeness (QED) is 0.676. The maximum absolute atomic E-state index is 4.04. The molecule has 1 rings (SSSR count). The van der Waals surface area contributed by atoms with E-state index < -0.39 is 0 Å². The molecular formula is C7H9N2S. The summed E-state index contributed by atoms with van der Waals surface area (Å²) in [7, 11) is 0. The summed E-state index contributed by atoms with van der Waals surface area (Å²) >= 11 is 1.58. The third-order valence-corrected chi connectivity index (χ3v) is 1.92. The first-order valence-electron chi connectivity index (χ1n) is 2.96. The Balaban J connectivity index is 2.47. The third kappa shape index (κ3) is 1.92. The van der Waals surface area contributed by atoms with Crippen LogP contribution in [0.2, 0.25) is 0 Å². The summed E-state index contributed by atoms with van der Waals surface area (Å²) in [5.41, 5.74) is 0. The van der Waals surface area contributed by atoms with Crippen LogP contribution in [0.5, 0.6) is 0 Å². The van der Waals surface area contributed by atoms with Crippen LogP contribution in [-0.4, -0.2) is 9.97 Å². The van der Waals surface area contributed by atoms with Gasteiger partial charge in [-0.3, -0.25) is 0 Å². The molecule has 1 aromatic rings. The average molecular weight is 154 g/mol. The molecule has 3 heteroatoms.